The lowest BCUT2D eigenvalue weighted by atomic mass is 10.2. The van der Waals surface area contributed by atoms with E-state index in [1.54, 1.807) is 25.1 Å². The van der Waals surface area contributed by atoms with Gasteiger partial charge in [0.1, 0.15) is 17.1 Å². The minimum atomic E-state index is -1.07. The minimum Gasteiger partial charge on any atom is -0.493 e. The normalized spacial score (nSPS) is 10.6. The van der Waals surface area contributed by atoms with Gasteiger partial charge in [-0.25, -0.2) is 4.79 Å². The summed E-state index contributed by atoms with van der Waals surface area (Å²) in [5, 5.41) is 11.7. The second kappa shape index (κ2) is 7.74. The highest BCUT2D eigenvalue weighted by Gasteiger charge is 2.16. The van der Waals surface area contributed by atoms with Gasteiger partial charge in [0.15, 0.2) is 11.5 Å². The van der Waals surface area contributed by atoms with Crippen LogP contribution >= 0.6 is 0 Å². The van der Waals surface area contributed by atoms with E-state index in [4.69, 9.17) is 19.0 Å². The molecule has 1 aromatic heterocycles. The standard InChI is InChI=1S/C18H21NO6/c1-10(2)24-15-6-5-12(7-16(15)23-4)17(20)19-9-13-8-14(18(21)22)11(3)25-13/h5-8,10H,9H2,1-4H3,(H,19,20)(H,21,22). The maximum Gasteiger partial charge on any atom is 0.339 e. The van der Waals surface area contributed by atoms with E-state index in [0.717, 1.165) is 0 Å². The van der Waals surface area contributed by atoms with Gasteiger partial charge in [-0.15, -0.1) is 0 Å². The Morgan fingerprint density at radius 2 is 1.96 bits per heavy atom. The van der Waals surface area contributed by atoms with Crippen molar-refractivity contribution < 1.29 is 28.6 Å². The Morgan fingerprint density at radius 3 is 2.52 bits per heavy atom. The van der Waals surface area contributed by atoms with Crippen LogP contribution in [0.1, 0.15) is 46.1 Å². The number of ether oxygens (including phenoxy) is 2. The van der Waals surface area contributed by atoms with Crippen molar-refractivity contribution in [2.75, 3.05) is 7.11 Å². The third-order valence-corrected chi connectivity index (χ3v) is 3.41. The quantitative estimate of drug-likeness (QED) is 0.799. The summed E-state index contributed by atoms with van der Waals surface area (Å²) in [6.45, 7) is 5.44. The van der Waals surface area contributed by atoms with Gasteiger partial charge in [0.05, 0.1) is 19.8 Å². The van der Waals surface area contributed by atoms with Crippen molar-refractivity contribution in [1.29, 1.82) is 0 Å². The summed E-state index contributed by atoms with van der Waals surface area (Å²) in [7, 11) is 1.50. The number of rotatable bonds is 7. The highest BCUT2D eigenvalue weighted by molar-refractivity contribution is 5.95. The van der Waals surface area contributed by atoms with Gasteiger partial charge in [-0.05, 0) is 45.0 Å². The Kier molecular flexibility index (Phi) is 5.69. The molecule has 0 fully saturated rings. The number of aryl methyl sites for hydroxylation is 1. The van der Waals surface area contributed by atoms with Gasteiger partial charge in [-0.3, -0.25) is 4.79 Å². The Bertz CT molecular complexity index is 778. The topological polar surface area (TPSA) is 98.0 Å². The molecule has 2 aromatic rings. The second-order valence-corrected chi connectivity index (χ2v) is 5.70. The highest BCUT2D eigenvalue weighted by Crippen LogP contribution is 2.29. The molecule has 25 heavy (non-hydrogen) atoms. The molecule has 0 aliphatic carbocycles. The molecule has 1 aromatic carbocycles. The fourth-order valence-corrected chi connectivity index (χ4v) is 2.27. The number of carboxylic acid groups (broad SMARTS) is 1. The predicted molar refractivity (Wildman–Crippen MR) is 90.3 cm³/mol. The van der Waals surface area contributed by atoms with Crippen LogP contribution in [-0.2, 0) is 6.54 Å². The van der Waals surface area contributed by atoms with Gasteiger partial charge >= 0.3 is 5.97 Å². The summed E-state index contributed by atoms with van der Waals surface area (Å²) in [4.78, 5) is 23.3. The molecule has 1 heterocycles. The lowest BCUT2D eigenvalue weighted by Crippen LogP contribution is -2.22. The van der Waals surface area contributed by atoms with Gasteiger partial charge in [0.25, 0.3) is 5.91 Å². The summed E-state index contributed by atoms with van der Waals surface area (Å²) >= 11 is 0. The molecule has 0 bridgehead atoms. The number of carbonyl (C=O) groups is 2. The van der Waals surface area contributed by atoms with Crippen LogP contribution in [0.4, 0.5) is 0 Å². The van der Waals surface area contributed by atoms with E-state index in [1.807, 2.05) is 13.8 Å². The maximum absolute atomic E-state index is 12.3. The predicted octanol–water partition coefficient (Wildman–Crippen LogP) is 3.01. The third-order valence-electron chi connectivity index (χ3n) is 3.41. The number of hydrogen-bond acceptors (Lipinski definition) is 5. The molecule has 0 radical (unpaired) electrons. The fraction of sp³-hybridized carbons (Fsp3) is 0.333. The van der Waals surface area contributed by atoms with Crippen LogP contribution < -0.4 is 14.8 Å². The number of hydrogen-bond donors (Lipinski definition) is 2. The number of carbonyl (C=O) groups excluding carboxylic acids is 1. The number of methoxy groups -OCH3 is 1. The molecule has 0 saturated carbocycles. The largest absolute Gasteiger partial charge is 0.493 e. The molecular weight excluding hydrogens is 326 g/mol. The lowest BCUT2D eigenvalue weighted by Gasteiger charge is -2.14. The number of carboxylic acids is 1. The molecule has 0 saturated heterocycles. The summed E-state index contributed by atoms with van der Waals surface area (Å²) in [6.07, 6.45) is -0.0146. The molecule has 0 spiro atoms. The van der Waals surface area contributed by atoms with Crippen LogP contribution in [0.25, 0.3) is 0 Å². The molecule has 134 valence electrons. The van der Waals surface area contributed by atoms with E-state index in [1.165, 1.54) is 13.2 Å². The van der Waals surface area contributed by atoms with Crippen LogP contribution in [0.5, 0.6) is 11.5 Å². The lowest BCUT2D eigenvalue weighted by molar-refractivity contribution is 0.0694. The van der Waals surface area contributed by atoms with E-state index >= 15 is 0 Å². The van der Waals surface area contributed by atoms with Crippen molar-refractivity contribution in [2.45, 2.75) is 33.4 Å². The molecule has 7 heteroatoms. The van der Waals surface area contributed by atoms with Crippen molar-refractivity contribution in [3.63, 3.8) is 0 Å². The van der Waals surface area contributed by atoms with Crippen molar-refractivity contribution in [3.05, 3.63) is 46.9 Å². The molecular formula is C18H21NO6. The smallest absolute Gasteiger partial charge is 0.339 e. The third kappa shape index (κ3) is 4.53. The highest BCUT2D eigenvalue weighted by atomic mass is 16.5. The number of benzene rings is 1. The maximum atomic E-state index is 12.3. The first-order valence-corrected chi connectivity index (χ1v) is 7.77. The SMILES string of the molecule is COc1cc(C(=O)NCc2cc(C(=O)O)c(C)o2)ccc1OC(C)C. The number of aromatic carboxylic acids is 1. The fourth-order valence-electron chi connectivity index (χ4n) is 2.27. The van der Waals surface area contributed by atoms with Crippen LogP contribution in [-0.4, -0.2) is 30.2 Å². The monoisotopic (exact) mass is 347 g/mol. The van der Waals surface area contributed by atoms with E-state index in [9.17, 15) is 9.59 Å². The molecule has 0 aliphatic heterocycles. The van der Waals surface area contributed by atoms with Gasteiger partial charge in [-0.2, -0.15) is 0 Å². The Morgan fingerprint density at radius 1 is 1.24 bits per heavy atom. The van der Waals surface area contributed by atoms with Gasteiger partial charge in [-0.1, -0.05) is 0 Å². The van der Waals surface area contributed by atoms with Gasteiger partial charge in [0.2, 0.25) is 0 Å². The van der Waals surface area contributed by atoms with Crippen LogP contribution in [0.3, 0.4) is 0 Å². The van der Waals surface area contributed by atoms with Gasteiger partial charge < -0.3 is 24.3 Å². The zero-order valence-corrected chi connectivity index (χ0v) is 14.6. The number of amides is 1. The van der Waals surface area contributed by atoms with Crippen LogP contribution in [0, 0.1) is 6.92 Å². The van der Waals surface area contributed by atoms with E-state index in [-0.39, 0.29) is 24.1 Å². The number of furan rings is 1. The first kappa shape index (κ1) is 18.4. The first-order chi connectivity index (χ1) is 11.8. The molecule has 0 unspecified atom stereocenters. The van der Waals surface area contributed by atoms with E-state index in [2.05, 4.69) is 5.32 Å². The Labute approximate surface area is 145 Å². The second-order valence-electron chi connectivity index (χ2n) is 5.70. The average Bonchev–Trinajstić information content (AvgIpc) is 2.93. The zero-order chi connectivity index (χ0) is 18.6. The Balaban J connectivity index is 2.08. The van der Waals surface area contributed by atoms with Crippen LogP contribution in [0.2, 0.25) is 0 Å². The summed E-state index contributed by atoms with van der Waals surface area (Å²) < 4.78 is 16.2. The summed E-state index contributed by atoms with van der Waals surface area (Å²) in [6, 6.07) is 6.29. The molecule has 1 amide bonds. The van der Waals surface area contributed by atoms with Crippen LogP contribution in [0.15, 0.2) is 28.7 Å². The van der Waals surface area contributed by atoms with E-state index < -0.39 is 5.97 Å². The van der Waals surface area contributed by atoms with Crippen molar-refractivity contribution in [3.8, 4) is 11.5 Å². The zero-order valence-electron chi connectivity index (χ0n) is 14.6. The summed E-state index contributed by atoms with van der Waals surface area (Å²) in [5.74, 6) is 0.290. The Hall–Kier alpha value is -2.96. The van der Waals surface area contributed by atoms with Crippen molar-refractivity contribution >= 4 is 11.9 Å². The molecule has 0 aliphatic rings. The first-order valence-electron chi connectivity index (χ1n) is 7.77. The number of nitrogens with one attached hydrogen (secondary N) is 1. The molecule has 0 atom stereocenters. The van der Waals surface area contributed by atoms with E-state index in [0.29, 0.717) is 28.6 Å². The molecule has 2 rings (SSSR count). The van der Waals surface area contributed by atoms with Crippen molar-refractivity contribution in [2.24, 2.45) is 0 Å². The average molecular weight is 347 g/mol. The minimum absolute atomic E-state index is 0.0146. The molecule has 7 nitrogen and oxygen atoms in total. The van der Waals surface area contributed by atoms with Gasteiger partial charge in [0, 0.05) is 5.56 Å². The summed E-state index contributed by atoms with van der Waals surface area (Å²) in [5.41, 5.74) is 0.482. The van der Waals surface area contributed by atoms with Crippen molar-refractivity contribution in [1.82, 2.24) is 5.32 Å². The molecule has 2 N–H and O–H groups in total.